The van der Waals surface area contributed by atoms with Crippen LogP contribution in [0, 0.1) is 6.92 Å². The predicted molar refractivity (Wildman–Crippen MR) is 59.4 cm³/mol. The number of nitrogens with one attached hydrogen (secondary N) is 1. The molecule has 1 aromatic carbocycles. The Morgan fingerprint density at radius 3 is 2.62 bits per heavy atom. The van der Waals surface area contributed by atoms with Crippen molar-refractivity contribution in [1.29, 1.82) is 0 Å². The molecular formula is C11H14ClN. The van der Waals surface area contributed by atoms with Crippen molar-refractivity contribution >= 4 is 22.5 Å². The quantitative estimate of drug-likeness (QED) is 0.650. The summed E-state index contributed by atoms with van der Waals surface area (Å²) in [5, 5.41) is 2.02. The maximum absolute atomic E-state index is 5.81. The van der Waals surface area contributed by atoms with Gasteiger partial charge in [0.15, 0.2) is 0 Å². The van der Waals surface area contributed by atoms with E-state index in [1.165, 1.54) is 10.9 Å². The van der Waals surface area contributed by atoms with Crippen LogP contribution in [-0.4, -0.2) is 4.98 Å². The van der Waals surface area contributed by atoms with E-state index in [4.69, 9.17) is 11.6 Å². The maximum atomic E-state index is 5.81. The normalized spacial score (nSPS) is 9.54. The third kappa shape index (κ3) is 2.04. The van der Waals surface area contributed by atoms with E-state index in [1.54, 1.807) is 0 Å². The molecule has 0 spiro atoms. The molecule has 0 fully saturated rings. The number of hydrogen-bond acceptors (Lipinski definition) is 0. The maximum Gasteiger partial charge on any atom is 0.0471 e. The second-order valence-electron chi connectivity index (χ2n) is 2.66. The molecule has 1 N–H and O–H groups in total. The van der Waals surface area contributed by atoms with E-state index >= 15 is 0 Å². The molecule has 13 heavy (non-hydrogen) atoms. The van der Waals surface area contributed by atoms with Gasteiger partial charge >= 0.3 is 0 Å². The van der Waals surface area contributed by atoms with Crippen LogP contribution < -0.4 is 0 Å². The van der Waals surface area contributed by atoms with Gasteiger partial charge in [-0.2, -0.15) is 0 Å². The molecule has 2 heteroatoms. The van der Waals surface area contributed by atoms with Gasteiger partial charge in [0.1, 0.15) is 0 Å². The molecule has 1 heterocycles. The van der Waals surface area contributed by atoms with Crippen molar-refractivity contribution in [2.75, 3.05) is 0 Å². The van der Waals surface area contributed by atoms with Crippen LogP contribution >= 0.6 is 11.6 Å². The van der Waals surface area contributed by atoms with Crippen LogP contribution in [0.4, 0.5) is 0 Å². The molecule has 0 unspecified atom stereocenters. The number of benzene rings is 1. The van der Waals surface area contributed by atoms with Crippen molar-refractivity contribution in [3.63, 3.8) is 0 Å². The second kappa shape index (κ2) is 4.33. The molecule has 1 aromatic heterocycles. The van der Waals surface area contributed by atoms with E-state index < -0.39 is 0 Å². The first-order chi connectivity index (χ1) is 6.27. The van der Waals surface area contributed by atoms with E-state index in [9.17, 15) is 0 Å². The summed E-state index contributed by atoms with van der Waals surface area (Å²) < 4.78 is 0. The lowest BCUT2D eigenvalue weighted by atomic mass is 10.2. The minimum absolute atomic E-state index is 0.777. The highest BCUT2D eigenvalue weighted by Gasteiger charge is 1.97. The molecule has 70 valence electrons. The van der Waals surface area contributed by atoms with Crippen LogP contribution in [0.25, 0.3) is 10.9 Å². The fourth-order valence-electron chi connectivity index (χ4n) is 1.24. The third-order valence-electron chi connectivity index (χ3n) is 1.85. The molecule has 0 aliphatic rings. The molecular weight excluding hydrogens is 182 g/mol. The lowest BCUT2D eigenvalue weighted by Gasteiger charge is -1.91. The Hall–Kier alpha value is -0.950. The Balaban J connectivity index is 0.000000396. The number of halogens is 1. The highest BCUT2D eigenvalue weighted by molar-refractivity contribution is 6.31. The predicted octanol–water partition coefficient (Wildman–Crippen LogP) is 4.16. The Labute approximate surface area is 83.7 Å². The summed E-state index contributed by atoms with van der Waals surface area (Å²) in [4.78, 5) is 3.14. The minimum Gasteiger partial charge on any atom is -0.361 e. The summed E-state index contributed by atoms with van der Waals surface area (Å²) in [7, 11) is 0. The number of aromatic nitrogens is 1. The minimum atomic E-state index is 0.777. The Kier molecular flexibility index (Phi) is 3.38. The highest BCUT2D eigenvalue weighted by atomic mass is 35.5. The van der Waals surface area contributed by atoms with Crippen molar-refractivity contribution in [2.24, 2.45) is 0 Å². The van der Waals surface area contributed by atoms with Crippen LogP contribution in [0.2, 0.25) is 5.02 Å². The topological polar surface area (TPSA) is 15.8 Å². The molecule has 2 aromatic rings. The monoisotopic (exact) mass is 195 g/mol. The van der Waals surface area contributed by atoms with Crippen LogP contribution in [0.1, 0.15) is 19.4 Å². The van der Waals surface area contributed by atoms with E-state index in [0.717, 1.165) is 10.5 Å². The van der Waals surface area contributed by atoms with Crippen molar-refractivity contribution in [3.8, 4) is 0 Å². The van der Waals surface area contributed by atoms with Gasteiger partial charge in [-0.25, -0.2) is 0 Å². The smallest absolute Gasteiger partial charge is 0.0471 e. The first-order valence-electron chi connectivity index (χ1n) is 4.50. The number of aromatic amines is 1. The van der Waals surface area contributed by atoms with Gasteiger partial charge in [0.05, 0.1) is 0 Å². The largest absolute Gasteiger partial charge is 0.361 e. The number of H-pyrrole nitrogens is 1. The van der Waals surface area contributed by atoms with Crippen LogP contribution in [0.3, 0.4) is 0 Å². The number of fused-ring (bicyclic) bond motifs is 1. The molecule has 2 rings (SSSR count). The molecule has 1 nitrogen and oxygen atoms in total. The number of aryl methyl sites for hydroxylation is 1. The molecule has 0 radical (unpaired) electrons. The van der Waals surface area contributed by atoms with E-state index in [-0.39, 0.29) is 0 Å². The van der Waals surface area contributed by atoms with Gasteiger partial charge in [0, 0.05) is 22.1 Å². The fourth-order valence-corrected chi connectivity index (χ4v) is 1.42. The van der Waals surface area contributed by atoms with Gasteiger partial charge in [-0.3, -0.25) is 0 Å². The molecule has 0 atom stereocenters. The van der Waals surface area contributed by atoms with Gasteiger partial charge in [-0.15, -0.1) is 0 Å². The van der Waals surface area contributed by atoms with Gasteiger partial charge in [-0.05, 0) is 24.6 Å². The number of hydrogen-bond donors (Lipinski definition) is 1. The lowest BCUT2D eigenvalue weighted by Crippen LogP contribution is -1.68. The van der Waals surface area contributed by atoms with Crippen molar-refractivity contribution in [3.05, 3.63) is 35.0 Å². The average Bonchev–Trinajstić information content (AvgIpc) is 2.51. The third-order valence-corrected chi connectivity index (χ3v) is 2.09. The van der Waals surface area contributed by atoms with Crippen molar-refractivity contribution in [1.82, 2.24) is 4.98 Å². The van der Waals surface area contributed by atoms with Crippen LogP contribution in [-0.2, 0) is 0 Å². The average molecular weight is 196 g/mol. The van der Waals surface area contributed by atoms with Crippen molar-refractivity contribution in [2.45, 2.75) is 20.8 Å². The SMILES string of the molecule is CC.Cc1c[nH]c2cc(Cl)ccc12. The molecule has 0 aliphatic heterocycles. The summed E-state index contributed by atoms with van der Waals surface area (Å²) in [6, 6.07) is 5.87. The Morgan fingerprint density at radius 1 is 1.23 bits per heavy atom. The van der Waals surface area contributed by atoms with Gasteiger partial charge in [-0.1, -0.05) is 31.5 Å². The van der Waals surface area contributed by atoms with E-state index in [1.807, 2.05) is 38.2 Å². The first-order valence-corrected chi connectivity index (χ1v) is 4.88. The highest BCUT2D eigenvalue weighted by Crippen LogP contribution is 2.20. The van der Waals surface area contributed by atoms with E-state index in [2.05, 4.69) is 11.9 Å². The zero-order chi connectivity index (χ0) is 9.84. The standard InChI is InChI=1S/C9H8ClN.C2H6/c1-6-5-11-9-4-7(10)2-3-8(6)9;1-2/h2-5,11H,1H3;1-2H3. The zero-order valence-electron chi connectivity index (χ0n) is 8.19. The molecule has 0 amide bonds. The number of rotatable bonds is 0. The second-order valence-corrected chi connectivity index (χ2v) is 3.10. The summed E-state index contributed by atoms with van der Waals surface area (Å²) in [6.07, 6.45) is 1.99. The molecule has 0 saturated carbocycles. The zero-order valence-corrected chi connectivity index (χ0v) is 8.94. The fraction of sp³-hybridized carbons (Fsp3) is 0.273. The Bertz CT molecular complexity index is 390. The van der Waals surface area contributed by atoms with Gasteiger partial charge < -0.3 is 4.98 Å². The van der Waals surface area contributed by atoms with Crippen molar-refractivity contribution < 1.29 is 0 Å². The summed E-state index contributed by atoms with van der Waals surface area (Å²) in [5.41, 5.74) is 2.37. The Morgan fingerprint density at radius 2 is 1.92 bits per heavy atom. The molecule has 0 bridgehead atoms. The van der Waals surface area contributed by atoms with E-state index in [0.29, 0.717) is 0 Å². The lowest BCUT2D eigenvalue weighted by molar-refractivity contribution is 1.43. The van der Waals surface area contributed by atoms with Crippen LogP contribution in [0.15, 0.2) is 24.4 Å². The van der Waals surface area contributed by atoms with Gasteiger partial charge in [0.2, 0.25) is 0 Å². The van der Waals surface area contributed by atoms with Crippen LogP contribution in [0.5, 0.6) is 0 Å². The molecule has 0 aliphatic carbocycles. The summed E-state index contributed by atoms with van der Waals surface area (Å²) in [5.74, 6) is 0. The molecule has 0 saturated heterocycles. The summed E-state index contributed by atoms with van der Waals surface area (Å²) >= 11 is 5.81. The summed E-state index contributed by atoms with van der Waals surface area (Å²) in [6.45, 7) is 6.08. The first kappa shape index (κ1) is 10.1. The van der Waals surface area contributed by atoms with Gasteiger partial charge in [0.25, 0.3) is 0 Å².